The number of benzene rings is 1. The van der Waals surface area contributed by atoms with E-state index in [1.807, 2.05) is 0 Å². The molecule has 1 fully saturated rings. The van der Waals surface area contributed by atoms with E-state index in [0.29, 0.717) is 5.02 Å². The zero-order chi connectivity index (χ0) is 16.1. The SMILES string of the molecule is CC(OC(=O)c1cccc(Cl)c1N)C(=O)N1CCCCCC1. The average molecular weight is 325 g/mol. The van der Waals surface area contributed by atoms with Crippen LogP contribution in [0.5, 0.6) is 0 Å². The van der Waals surface area contributed by atoms with E-state index in [1.54, 1.807) is 24.0 Å². The summed E-state index contributed by atoms with van der Waals surface area (Å²) >= 11 is 5.89. The molecule has 1 aliphatic heterocycles. The monoisotopic (exact) mass is 324 g/mol. The number of rotatable bonds is 3. The van der Waals surface area contributed by atoms with Crippen molar-refractivity contribution in [2.45, 2.75) is 38.7 Å². The van der Waals surface area contributed by atoms with Gasteiger partial charge in [0.2, 0.25) is 0 Å². The van der Waals surface area contributed by atoms with E-state index in [-0.39, 0.29) is 17.2 Å². The summed E-state index contributed by atoms with van der Waals surface area (Å²) in [6, 6.07) is 4.75. The topological polar surface area (TPSA) is 72.6 Å². The number of halogens is 1. The Bertz CT molecular complexity index is 554. The molecule has 22 heavy (non-hydrogen) atoms. The number of amides is 1. The molecule has 0 spiro atoms. The van der Waals surface area contributed by atoms with Crippen molar-refractivity contribution in [2.24, 2.45) is 0 Å². The van der Waals surface area contributed by atoms with Gasteiger partial charge in [0.05, 0.1) is 16.3 Å². The molecule has 120 valence electrons. The van der Waals surface area contributed by atoms with Crippen LogP contribution in [0.15, 0.2) is 18.2 Å². The van der Waals surface area contributed by atoms with Crippen molar-refractivity contribution in [3.8, 4) is 0 Å². The first-order valence-electron chi connectivity index (χ1n) is 7.54. The lowest BCUT2D eigenvalue weighted by Crippen LogP contribution is -2.40. The summed E-state index contributed by atoms with van der Waals surface area (Å²) in [5.74, 6) is -0.786. The number of nitrogens with two attached hydrogens (primary N) is 1. The van der Waals surface area contributed by atoms with Gasteiger partial charge in [-0.15, -0.1) is 0 Å². The van der Waals surface area contributed by atoms with Crippen LogP contribution in [-0.2, 0) is 9.53 Å². The van der Waals surface area contributed by atoms with Gasteiger partial charge in [-0.05, 0) is 31.9 Å². The smallest absolute Gasteiger partial charge is 0.341 e. The van der Waals surface area contributed by atoms with Gasteiger partial charge in [0.1, 0.15) is 0 Å². The Hall–Kier alpha value is -1.75. The van der Waals surface area contributed by atoms with Crippen molar-refractivity contribution in [2.75, 3.05) is 18.8 Å². The molecule has 1 atom stereocenters. The van der Waals surface area contributed by atoms with Crippen LogP contribution in [0.2, 0.25) is 5.02 Å². The van der Waals surface area contributed by atoms with Crippen molar-refractivity contribution in [3.05, 3.63) is 28.8 Å². The van der Waals surface area contributed by atoms with Gasteiger partial charge < -0.3 is 15.4 Å². The number of carbonyl (C=O) groups is 2. The number of para-hydroxylation sites is 1. The normalized spacial score (nSPS) is 16.7. The van der Waals surface area contributed by atoms with Crippen LogP contribution >= 0.6 is 11.6 Å². The first-order valence-corrected chi connectivity index (χ1v) is 7.92. The molecule has 1 saturated heterocycles. The summed E-state index contributed by atoms with van der Waals surface area (Å²) in [5.41, 5.74) is 6.12. The molecule has 0 radical (unpaired) electrons. The Morgan fingerprint density at radius 1 is 1.23 bits per heavy atom. The number of nitrogen functional groups attached to an aromatic ring is 1. The van der Waals surface area contributed by atoms with Crippen molar-refractivity contribution >= 4 is 29.2 Å². The third kappa shape index (κ3) is 3.91. The molecule has 2 N–H and O–H groups in total. The highest BCUT2D eigenvalue weighted by Gasteiger charge is 2.25. The number of carbonyl (C=O) groups excluding carboxylic acids is 2. The number of esters is 1. The first-order chi connectivity index (χ1) is 10.5. The lowest BCUT2D eigenvalue weighted by molar-refractivity contribution is -0.139. The lowest BCUT2D eigenvalue weighted by atomic mass is 10.2. The largest absolute Gasteiger partial charge is 0.449 e. The minimum absolute atomic E-state index is 0.157. The molecule has 1 heterocycles. The Labute approximate surface area is 135 Å². The quantitative estimate of drug-likeness (QED) is 0.685. The number of anilines is 1. The fourth-order valence-electron chi connectivity index (χ4n) is 2.54. The van der Waals surface area contributed by atoms with Gasteiger partial charge >= 0.3 is 5.97 Å². The zero-order valence-electron chi connectivity index (χ0n) is 12.7. The van der Waals surface area contributed by atoms with Crippen LogP contribution in [0.1, 0.15) is 43.0 Å². The first kappa shape index (κ1) is 16.6. The fraction of sp³-hybridized carbons (Fsp3) is 0.500. The molecule has 0 saturated carbocycles. The summed E-state index contributed by atoms with van der Waals surface area (Å²) in [7, 11) is 0. The van der Waals surface area contributed by atoms with Crippen LogP contribution in [0.25, 0.3) is 0 Å². The van der Waals surface area contributed by atoms with E-state index in [2.05, 4.69) is 0 Å². The van der Waals surface area contributed by atoms with Crippen LogP contribution in [0.4, 0.5) is 5.69 Å². The molecule has 2 rings (SSSR count). The van der Waals surface area contributed by atoms with Crippen molar-refractivity contribution in [1.82, 2.24) is 4.90 Å². The van der Waals surface area contributed by atoms with E-state index in [9.17, 15) is 9.59 Å². The maximum Gasteiger partial charge on any atom is 0.341 e. The molecule has 6 heteroatoms. The van der Waals surface area contributed by atoms with Gasteiger partial charge in [-0.1, -0.05) is 30.5 Å². The van der Waals surface area contributed by atoms with E-state index in [1.165, 1.54) is 6.07 Å². The molecule has 1 aromatic rings. The van der Waals surface area contributed by atoms with Gasteiger partial charge in [0.15, 0.2) is 6.10 Å². The summed E-state index contributed by atoms with van der Waals surface area (Å²) in [6.45, 7) is 3.03. The van der Waals surface area contributed by atoms with Gasteiger partial charge in [-0.25, -0.2) is 4.79 Å². The molecule has 1 amide bonds. The molecule has 0 aliphatic carbocycles. The van der Waals surface area contributed by atoms with E-state index < -0.39 is 12.1 Å². The van der Waals surface area contributed by atoms with Gasteiger partial charge in [0, 0.05) is 13.1 Å². The van der Waals surface area contributed by atoms with Crippen LogP contribution in [0.3, 0.4) is 0 Å². The Kier molecular flexibility index (Phi) is 5.66. The minimum Gasteiger partial charge on any atom is -0.449 e. The van der Waals surface area contributed by atoms with E-state index in [0.717, 1.165) is 38.8 Å². The number of hydrogen-bond acceptors (Lipinski definition) is 4. The number of hydrogen-bond donors (Lipinski definition) is 1. The molecule has 1 unspecified atom stereocenters. The summed E-state index contributed by atoms with van der Waals surface area (Å²) < 4.78 is 5.26. The predicted molar refractivity (Wildman–Crippen MR) is 85.8 cm³/mol. The van der Waals surface area contributed by atoms with E-state index >= 15 is 0 Å². The number of nitrogens with zero attached hydrogens (tertiary/aromatic N) is 1. The van der Waals surface area contributed by atoms with E-state index in [4.69, 9.17) is 22.1 Å². The highest BCUT2D eigenvalue weighted by Crippen LogP contribution is 2.23. The molecule has 1 aromatic carbocycles. The Morgan fingerprint density at radius 2 is 1.86 bits per heavy atom. The van der Waals surface area contributed by atoms with Crippen LogP contribution in [-0.4, -0.2) is 36.0 Å². The number of likely N-dealkylation sites (tertiary alicyclic amines) is 1. The third-order valence-corrected chi connectivity index (χ3v) is 4.15. The lowest BCUT2D eigenvalue weighted by Gasteiger charge is -2.24. The standard InChI is InChI=1S/C16H21ClN2O3/c1-11(15(20)19-9-4-2-3-5-10-19)22-16(21)12-7-6-8-13(17)14(12)18/h6-8,11H,2-5,9-10,18H2,1H3. The molecule has 0 bridgehead atoms. The second-order valence-electron chi connectivity index (χ2n) is 5.49. The third-order valence-electron chi connectivity index (χ3n) is 3.82. The van der Waals surface area contributed by atoms with Gasteiger partial charge in [0.25, 0.3) is 5.91 Å². The summed E-state index contributed by atoms with van der Waals surface area (Å²) in [4.78, 5) is 26.3. The highest BCUT2D eigenvalue weighted by atomic mass is 35.5. The van der Waals surface area contributed by atoms with Crippen LogP contribution in [0, 0.1) is 0 Å². The number of ether oxygens (including phenoxy) is 1. The molecular formula is C16H21ClN2O3. The molecule has 5 nitrogen and oxygen atoms in total. The highest BCUT2D eigenvalue weighted by molar-refractivity contribution is 6.33. The molecule has 1 aliphatic rings. The second-order valence-corrected chi connectivity index (χ2v) is 5.90. The summed E-state index contributed by atoms with van der Waals surface area (Å²) in [6.07, 6.45) is 3.43. The average Bonchev–Trinajstić information content (AvgIpc) is 2.78. The maximum absolute atomic E-state index is 12.4. The van der Waals surface area contributed by atoms with Crippen molar-refractivity contribution in [3.63, 3.8) is 0 Å². The zero-order valence-corrected chi connectivity index (χ0v) is 13.4. The maximum atomic E-state index is 12.4. The summed E-state index contributed by atoms with van der Waals surface area (Å²) in [5, 5.41) is 0.293. The fourth-order valence-corrected chi connectivity index (χ4v) is 2.71. The van der Waals surface area contributed by atoms with Gasteiger partial charge in [-0.2, -0.15) is 0 Å². The molecule has 0 aromatic heterocycles. The van der Waals surface area contributed by atoms with Gasteiger partial charge in [-0.3, -0.25) is 4.79 Å². The van der Waals surface area contributed by atoms with Crippen LogP contribution < -0.4 is 5.73 Å². The Balaban J connectivity index is 2.01. The minimum atomic E-state index is -0.830. The second kappa shape index (κ2) is 7.49. The predicted octanol–water partition coefficient (Wildman–Crippen LogP) is 2.87. The van der Waals surface area contributed by atoms with Crippen molar-refractivity contribution < 1.29 is 14.3 Å². The Morgan fingerprint density at radius 3 is 2.50 bits per heavy atom. The van der Waals surface area contributed by atoms with Crippen molar-refractivity contribution in [1.29, 1.82) is 0 Å². The molecular weight excluding hydrogens is 304 g/mol.